The van der Waals surface area contributed by atoms with Crippen LogP contribution in [-0.4, -0.2) is 22.3 Å². The fourth-order valence-corrected chi connectivity index (χ4v) is 2.51. The molecule has 0 aliphatic carbocycles. The van der Waals surface area contributed by atoms with Gasteiger partial charge in [-0.05, 0) is 30.4 Å². The number of nitrogens with two attached hydrogens (primary N) is 1. The number of hydrazine groups is 1. The number of nitro benzene ring substituents is 1. The number of nitro groups is 1. The van der Waals surface area contributed by atoms with Gasteiger partial charge in [-0.15, -0.1) is 0 Å². The van der Waals surface area contributed by atoms with Crippen LogP contribution in [0.4, 0.5) is 11.4 Å². The van der Waals surface area contributed by atoms with E-state index >= 15 is 0 Å². The Morgan fingerprint density at radius 3 is 2.90 bits per heavy atom. The molecule has 1 heterocycles. The summed E-state index contributed by atoms with van der Waals surface area (Å²) in [6.45, 7) is 3.24. The molecule has 1 saturated heterocycles. The molecule has 1 aromatic carbocycles. The first-order valence-corrected chi connectivity index (χ1v) is 7.03. The molecule has 1 fully saturated rings. The van der Waals surface area contributed by atoms with Crippen molar-refractivity contribution in [3.8, 4) is 0 Å². The number of rotatable bonds is 4. The number of benzene rings is 1. The molecule has 114 valence electrons. The number of likely N-dealkylation sites (tertiary alicyclic amines) is 1. The predicted molar refractivity (Wildman–Crippen MR) is 79.3 cm³/mol. The van der Waals surface area contributed by atoms with Gasteiger partial charge in [0.25, 0.3) is 5.69 Å². The third-order valence-electron chi connectivity index (χ3n) is 3.88. The van der Waals surface area contributed by atoms with Gasteiger partial charge in [-0.25, -0.2) is 0 Å². The smallest absolute Gasteiger partial charge is 0.293 e. The lowest BCUT2D eigenvalue weighted by molar-refractivity contribution is -0.384. The highest BCUT2D eigenvalue weighted by Gasteiger charge is 2.21. The van der Waals surface area contributed by atoms with Crippen molar-refractivity contribution in [3.63, 3.8) is 0 Å². The van der Waals surface area contributed by atoms with Crippen LogP contribution in [0.2, 0.25) is 0 Å². The van der Waals surface area contributed by atoms with Gasteiger partial charge in [-0.3, -0.25) is 20.8 Å². The maximum absolute atomic E-state index is 12.1. The third kappa shape index (κ3) is 3.69. The van der Waals surface area contributed by atoms with Gasteiger partial charge in [-0.2, -0.15) is 0 Å². The average Bonchev–Trinajstić information content (AvgIpc) is 2.62. The molecule has 0 spiro atoms. The highest BCUT2D eigenvalue weighted by molar-refractivity contribution is 5.76. The third-order valence-corrected chi connectivity index (χ3v) is 3.88. The summed E-state index contributed by atoms with van der Waals surface area (Å²) in [5.41, 5.74) is 3.23. The van der Waals surface area contributed by atoms with Crippen LogP contribution in [0.1, 0.15) is 31.7 Å². The first kappa shape index (κ1) is 15.2. The predicted octanol–water partition coefficient (Wildman–Crippen LogP) is 2.03. The lowest BCUT2D eigenvalue weighted by Gasteiger charge is -2.20. The highest BCUT2D eigenvalue weighted by Crippen LogP contribution is 2.26. The van der Waals surface area contributed by atoms with Crippen LogP contribution >= 0.6 is 0 Å². The molecule has 0 saturated carbocycles. The molecule has 1 aromatic rings. The summed E-state index contributed by atoms with van der Waals surface area (Å²) in [6, 6.07) is 4.79. The minimum absolute atomic E-state index is 0.0781. The van der Waals surface area contributed by atoms with Crippen molar-refractivity contribution in [2.24, 2.45) is 11.8 Å². The van der Waals surface area contributed by atoms with Crippen molar-refractivity contribution in [2.75, 3.05) is 12.0 Å². The number of amides is 1. The quantitative estimate of drug-likeness (QED) is 0.502. The minimum Gasteiger partial charge on any atom is -0.338 e. The number of nitrogens with zero attached hydrogens (tertiary/aromatic N) is 2. The van der Waals surface area contributed by atoms with E-state index in [0.717, 1.165) is 18.4 Å². The van der Waals surface area contributed by atoms with Crippen molar-refractivity contribution in [1.82, 2.24) is 4.90 Å². The highest BCUT2D eigenvalue weighted by atomic mass is 16.6. The summed E-state index contributed by atoms with van der Waals surface area (Å²) >= 11 is 0. The summed E-state index contributed by atoms with van der Waals surface area (Å²) < 4.78 is 0. The van der Waals surface area contributed by atoms with Crippen LogP contribution in [0.15, 0.2) is 18.2 Å². The maximum atomic E-state index is 12.1. The number of carbonyl (C=O) groups is 1. The lowest BCUT2D eigenvalue weighted by Crippen LogP contribution is -2.29. The van der Waals surface area contributed by atoms with Gasteiger partial charge in [0.2, 0.25) is 5.91 Å². The van der Waals surface area contributed by atoms with E-state index in [1.165, 1.54) is 6.07 Å². The fraction of sp³-hybridized carbons (Fsp3) is 0.500. The normalized spacial score (nSPS) is 19.2. The van der Waals surface area contributed by atoms with Crippen molar-refractivity contribution in [2.45, 2.75) is 32.7 Å². The second kappa shape index (κ2) is 6.53. The maximum Gasteiger partial charge on any atom is 0.293 e. The van der Waals surface area contributed by atoms with Crippen molar-refractivity contribution in [1.29, 1.82) is 0 Å². The van der Waals surface area contributed by atoms with Gasteiger partial charge in [0.15, 0.2) is 0 Å². The molecule has 2 rings (SSSR count). The number of hydrogen-bond acceptors (Lipinski definition) is 5. The van der Waals surface area contributed by atoms with Crippen molar-refractivity contribution >= 4 is 17.3 Å². The molecule has 7 heteroatoms. The zero-order valence-electron chi connectivity index (χ0n) is 12.0. The molecule has 7 nitrogen and oxygen atoms in total. The van der Waals surface area contributed by atoms with Gasteiger partial charge in [0.05, 0.1) is 4.92 Å². The van der Waals surface area contributed by atoms with Crippen LogP contribution in [-0.2, 0) is 11.3 Å². The summed E-state index contributed by atoms with van der Waals surface area (Å²) in [7, 11) is 0. The molecule has 0 aromatic heterocycles. The molecule has 1 amide bonds. The number of anilines is 1. The van der Waals surface area contributed by atoms with Gasteiger partial charge in [0.1, 0.15) is 5.69 Å². The van der Waals surface area contributed by atoms with Crippen LogP contribution in [0, 0.1) is 16.0 Å². The van der Waals surface area contributed by atoms with Crippen LogP contribution in [0.5, 0.6) is 0 Å². The second-order valence-electron chi connectivity index (χ2n) is 5.50. The van der Waals surface area contributed by atoms with Gasteiger partial charge < -0.3 is 10.3 Å². The number of nitrogens with one attached hydrogen (secondary N) is 1. The van der Waals surface area contributed by atoms with E-state index in [9.17, 15) is 14.9 Å². The molecular formula is C14H20N4O3. The lowest BCUT2D eigenvalue weighted by atomic mass is 10.0. The summed E-state index contributed by atoms with van der Waals surface area (Å²) in [5, 5.41) is 11.0. The van der Waals surface area contributed by atoms with E-state index in [2.05, 4.69) is 12.3 Å². The van der Waals surface area contributed by atoms with Gasteiger partial charge in [-0.1, -0.05) is 13.0 Å². The Morgan fingerprint density at radius 1 is 1.48 bits per heavy atom. The van der Waals surface area contributed by atoms with Crippen LogP contribution in [0.25, 0.3) is 0 Å². The monoisotopic (exact) mass is 292 g/mol. The topological polar surface area (TPSA) is 102 Å². The average molecular weight is 292 g/mol. The molecule has 1 atom stereocenters. The molecule has 1 unspecified atom stereocenters. The standard InChI is InChI=1S/C14H20N4O3/c1-10-2-5-14(19)17(7-6-10)9-11-3-4-12(16-15)13(8-11)18(20)21/h3-4,8,10,16H,2,5-7,9,15H2,1H3. The second-order valence-corrected chi connectivity index (χ2v) is 5.50. The Bertz CT molecular complexity index is 547. The first-order valence-electron chi connectivity index (χ1n) is 7.03. The first-order chi connectivity index (χ1) is 10.0. The fourth-order valence-electron chi connectivity index (χ4n) is 2.51. The van der Waals surface area contributed by atoms with Gasteiger partial charge >= 0.3 is 0 Å². The molecule has 0 bridgehead atoms. The van der Waals surface area contributed by atoms with E-state index < -0.39 is 4.92 Å². The Kier molecular flexibility index (Phi) is 4.74. The molecule has 21 heavy (non-hydrogen) atoms. The van der Waals surface area contributed by atoms with Crippen molar-refractivity contribution < 1.29 is 9.72 Å². The minimum atomic E-state index is -0.481. The van der Waals surface area contributed by atoms with E-state index in [0.29, 0.717) is 25.4 Å². The Balaban J connectivity index is 2.17. The van der Waals surface area contributed by atoms with Crippen LogP contribution < -0.4 is 11.3 Å². The molecule has 1 aliphatic rings. The van der Waals surface area contributed by atoms with E-state index in [1.54, 1.807) is 17.0 Å². The summed E-state index contributed by atoms with van der Waals surface area (Å²) in [4.78, 5) is 24.4. The summed E-state index contributed by atoms with van der Waals surface area (Å²) in [6.07, 6.45) is 2.42. The molecular weight excluding hydrogens is 272 g/mol. The Labute approximate surface area is 123 Å². The molecule has 3 N–H and O–H groups in total. The zero-order valence-corrected chi connectivity index (χ0v) is 12.0. The van der Waals surface area contributed by atoms with E-state index in [-0.39, 0.29) is 17.3 Å². The molecule has 0 radical (unpaired) electrons. The van der Waals surface area contributed by atoms with Gasteiger partial charge in [0, 0.05) is 25.6 Å². The summed E-state index contributed by atoms with van der Waals surface area (Å²) in [5.74, 6) is 5.91. The van der Waals surface area contributed by atoms with E-state index in [4.69, 9.17) is 5.84 Å². The number of hydrogen-bond donors (Lipinski definition) is 2. The zero-order chi connectivity index (χ0) is 15.4. The largest absolute Gasteiger partial charge is 0.338 e. The Morgan fingerprint density at radius 2 is 2.24 bits per heavy atom. The van der Waals surface area contributed by atoms with Crippen molar-refractivity contribution in [3.05, 3.63) is 33.9 Å². The number of carbonyl (C=O) groups excluding carboxylic acids is 1. The SMILES string of the molecule is CC1CCC(=O)N(Cc2ccc(NN)c([N+](=O)[O-])c2)CC1. The number of nitrogen functional groups attached to an aromatic ring is 1. The van der Waals surface area contributed by atoms with E-state index in [1.807, 2.05) is 0 Å². The van der Waals surface area contributed by atoms with Crippen LogP contribution in [0.3, 0.4) is 0 Å². The molecule has 1 aliphatic heterocycles. The Hall–Kier alpha value is -2.15.